The van der Waals surface area contributed by atoms with Crippen LogP contribution in [0.4, 0.5) is 0 Å². The normalized spacial score (nSPS) is 21.2. The second-order valence-electron chi connectivity index (χ2n) is 7.44. The van der Waals surface area contributed by atoms with E-state index in [4.69, 9.17) is 0 Å². The average molecular weight is 354 g/mol. The average Bonchev–Trinajstić information content (AvgIpc) is 3.33. The second-order valence-corrected chi connectivity index (χ2v) is 7.44. The molecule has 26 heavy (non-hydrogen) atoms. The summed E-state index contributed by atoms with van der Waals surface area (Å²) in [5.41, 5.74) is 1.69. The molecule has 6 nitrogen and oxygen atoms in total. The molecule has 0 spiro atoms. The highest BCUT2D eigenvalue weighted by atomic mass is 16.2. The first kappa shape index (κ1) is 17.1. The van der Waals surface area contributed by atoms with Gasteiger partial charge in [-0.25, -0.2) is 4.98 Å². The molecule has 0 aromatic carbocycles. The molecule has 1 aliphatic heterocycles. The minimum absolute atomic E-state index is 0.0521. The highest BCUT2D eigenvalue weighted by Crippen LogP contribution is 2.28. The van der Waals surface area contributed by atoms with Gasteiger partial charge in [-0.15, -0.1) is 0 Å². The van der Waals surface area contributed by atoms with Crippen molar-refractivity contribution < 1.29 is 9.59 Å². The van der Waals surface area contributed by atoms with Crippen molar-refractivity contribution in [2.45, 2.75) is 57.5 Å². The molecule has 2 aliphatic rings. The number of nitrogens with one attached hydrogen (secondary N) is 1. The van der Waals surface area contributed by atoms with Crippen molar-refractivity contribution in [3.05, 3.63) is 36.3 Å². The summed E-state index contributed by atoms with van der Waals surface area (Å²) >= 11 is 0. The number of fused-ring (bicyclic) bond motifs is 1. The Morgan fingerprint density at radius 1 is 1.12 bits per heavy atom. The van der Waals surface area contributed by atoms with E-state index >= 15 is 0 Å². The first-order valence-electron chi connectivity index (χ1n) is 9.73. The Kier molecular flexibility index (Phi) is 4.91. The lowest BCUT2D eigenvalue weighted by Crippen LogP contribution is -2.48. The number of hydrogen-bond donors (Lipinski definition) is 1. The predicted molar refractivity (Wildman–Crippen MR) is 98.3 cm³/mol. The van der Waals surface area contributed by atoms with Crippen molar-refractivity contribution in [2.75, 3.05) is 6.54 Å². The van der Waals surface area contributed by atoms with Crippen molar-refractivity contribution >= 4 is 17.5 Å². The lowest BCUT2D eigenvalue weighted by molar-refractivity contribution is -0.142. The Morgan fingerprint density at radius 2 is 1.96 bits per heavy atom. The molecular formula is C20H26N4O2. The molecule has 4 rings (SSSR count). The van der Waals surface area contributed by atoms with E-state index in [0.29, 0.717) is 13.1 Å². The fourth-order valence-corrected chi connectivity index (χ4v) is 4.25. The third-order valence-corrected chi connectivity index (χ3v) is 5.65. The summed E-state index contributed by atoms with van der Waals surface area (Å²) in [5.74, 6) is 0.259. The number of nitrogens with zero attached hydrogens (tertiary/aromatic N) is 3. The van der Waals surface area contributed by atoms with Crippen LogP contribution in [0, 0.1) is 5.92 Å². The molecule has 2 fully saturated rings. The van der Waals surface area contributed by atoms with Crippen LogP contribution in [0.5, 0.6) is 0 Å². The van der Waals surface area contributed by atoms with Crippen LogP contribution in [0.3, 0.4) is 0 Å². The summed E-state index contributed by atoms with van der Waals surface area (Å²) in [4.78, 5) is 31.9. The maximum Gasteiger partial charge on any atom is 0.243 e. The van der Waals surface area contributed by atoms with E-state index in [1.807, 2.05) is 39.9 Å². The quantitative estimate of drug-likeness (QED) is 0.917. The maximum atomic E-state index is 12.8. The van der Waals surface area contributed by atoms with E-state index < -0.39 is 0 Å². The molecule has 138 valence electrons. The van der Waals surface area contributed by atoms with E-state index in [1.165, 1.54) is 6.42 Å². The summed E-state index contributed by atoms with van der Waals surface area (Å²) in [6.45, 7) is 1.10. The number of aromatic nitrogens is 2. The summed E-state index contributed by atoms with van der Waals surface area (Å²) < 4.78 is 1.94. The number of carbonyl (C=O) groups excluding carboxylic acids is 2. The number of amides is 2. The van der Waals surface area contributed by atoms with Crippen molar-refractivity contribution in [1.82, 2.24) is 19.6 Å². The van der Waals surface area contributed by atoms with E-state index in [-0.39, 0.29) is 23.8 Å². The van der Waals surface area contributed by atoms with Gasteiger partial charge in [0, 0.05) is 24.9 Å². The molecule has 2 aromatic rings. The van der Waals surface area contributed by atoms with Gasteiger partial charge >= 0.3 is 0 Å². The van der Waals surface area contributed by atoms with Gasteiger partial charge in [0.2, 0.25) is 11.8 Å². The molecule has 1 aliphatic carbocycles. The van der Waals surface area contributed by atoms with Crippen LogP contribution < -0.4 is 5.32 Å². The van der Waals surface area contributed by atoms with Crippen molar-refractivity contribution in [1.29, 1.82) is 0 Å². The first-order valence-corrected chi connectivity index (χ1v) is 9.73. The molecule has 3 heterocycles. The molecule has 6 heteroatoms. The zero-order valence-corrected chi connectivity index (χ0v) is 15.1. The summed E-state index contributed by atoms with van der Waals surface area (Å²) in [7, 11) is 0. The van der Waals surface area contributed by atoms with Crippen LogP contribution in [-0.4, -0.2) is 38.7 Å². The zero-order chi connectivity index (χ0) is 17.9. The standard InChI is InChI=1S/C20H26N4O2/c25-19(21-13-16-14-23-11-5-4-10-18(23)22-16)17-9-6-12-24(17)20(26)15-7-2-1-3-8-15/h4-5,10-11,14-15,17H,1-3,6-9,12-13H2,(H,21,25). The van der Waals surface area contributed by atoms with Gasteiger partial charge in [0.05, 0.1) is 12.2 Å². The SMILES string of the molecule is O=C(NCc1cn2ccccc2n1)C1CCCN1C(=O)C1CCCCC1. The fourth-order valence-electron chi connectivity index (χ4n) is 4.25. The summed E-state index contributed by atoms with van der Waals surface area (Å²) in [6, 6.07) is 5.51. The Labute approximate surface area is 153 Å². The Hall–Kier alpha value is -2.37. The number of pyridine rings is 1. The van der Waals surface area contributed by atoms with Gasteiger partial charge in [-0.2, -0.15) is 0 Å². The van der Waals surface area contributed by atoms with Gasteiger partial charge in [-0.05, 0) is 37.8 Å². The molecule has 0 bridgehead atoms. The number of carbonyl (C=O) groups is 2. The van der Waals surface area contributed by atoms with Crippen molar-refractivity contribution in [2.24, 2.45) is 5.92 Å². The van der Waals surface area contributed by atoms with Crippen LogP contribution in [0.2, 0.25) is 0 Å². The predicted octanol–water partition coefficient (Wildman–Crippen LogP) is 2.52. The van der Waals surface area contributed by atoms with Crippen LogP contribution in [0.25, 0.3) is 5.65 Å². The zero-order valence-electron chi connectivity index (χ0n) is 15.1. The summed E-state index contributed by atoms with van der Waals surface area (Å²) in [6.07, 6.45) is 11.0. The molecule has 2 amide bonds. The van der Waals surface area contributed by atoms with Crippen LogP contribution in [0.1, 0.15) is 50.6 Å². The number of hydrogen-bond acceptors (Lipinski definition) is 3. The van der Waals surface area contributed by atoms with E-state index in [1.54, 1.807) is 0 Å². The van der Waals surface area contributed by atoms with Crippen molar-refractivity contribution in [3.8, 4) is 0 Å². The Morgan fingerprint density at radius 3 is 2.77 bits per heavy atom. The molecule has 1 atom stereocenters. The van der Waals surface area contributed by atoms with Gasteiger partial charge in [0.15, 0.2) is 0 Å². The Bertz CT molecular complexity index is 761. The molecule has 1 saturated heterocycles. The van der Waals surface area contributed by atoms with Gasteiger partial charge in [0.25, 0.3) is 0 Å². The van der Waals surface area contributed by atoms with E-state index in [0.717, 1.165) is 49.9 Å². The number of likely N-dealkylation sites (tertiary alicyclic amines) is 1. The van der Waals surface area contributed by atoms with Gasteiger partial charge in [-0.3, -0.25) is 9.59 Å². The lowest BCUT2D eigenvalue weighted by Gasteiger charge is -2.30. The van der Waals surface area contributed by atoms with Gasteiger partial charge < -0.3 is 14.6 Å². The summed E-state index contributed by atoms with van der Waals surface area (Å²) in [5, 5.41) is 2.98. The third kappa shape index (κ3) is 3.45. The molecule has 1 saturated carbocycles. The molecule has 1 N–H and O–H groups in total. The molecule has 2 aromatic heterocycles. The smallest absolute Gasteiger partial charge is 0.243 e. The molecular weight excluding hydrogens is 328 g/mol. The maximum absolute atomic E-state index is 12.8. The van der Waals surface area contributed by atoms with Crippen LogP contribution in [0.15, 0.2) is 30.6 Å². The fraction of sp³-hybridized carbons (Fsp3) is 0.550. The highest BCUT2D eigenvalue weighted by Gasteiger charge is 2.37. The topological polar surface area (TPSA) is 66.7 Å². The first-order chi connectivity index (χ1) is 12.7. The van der Waals surface area contributed by atoms with Gasteiger partial charge in [0.1, 0.15) is 11.7 Å². The minimum Gasteiger partial charge on any atom is -0.349 e. The third-order valence-electron chi connectivity index (χ3n) is 5.65. The van der Waals surface area contributed by atoms with Crippen molar-refractivity contribution in [3.63, 3.8) is 0 Å². The molecule has 0 radical (unpaired) electrons. The van der Waals surface area contributed by atoms with Crippen LogP contribution >= 0.6 is 0 Å². The van der Waals surface area contributed by atoms with Gasteiger partial charge in [-0.1, -0.05) is 25.3 Å². The molecule has 1 unspecified atom stereocenters. The van der Waals surface area contributed by atoms with E-state index in [9.17, 15) is 9.59 Å². The largest absolute Gasteiger partial charge is 0.349 e. The second kappa shape index (κ2) is 7.48. The number of imidazole rings is 1. The Balaban J connectivity index is 1.37. The van der Waals surface area contributed by atoms with E-state index in [2.05, 4.69) is 10.3 Å². The monoisotopic (exact) mass is 354 g/mol. The number of rotatable bonds is 4. The highest BCUT2D eigenvalue weighted by molar-refractivity contribution is 5.89. The lowest BCUT2D eigenvalue weighted by atomic mass is 9.88. The van der Waals surface area contributed by atoms with Crippen LogP contribution in [-0.2, 0) is 16.1 Å². The minimum atomic E-state index is -0.318.